The lowest BCUT2D eigenvalue weighted by molar-refractivity contribution is -0.137. The molecule has 9 heteroatoms. The van der Waals surface area contributed by atoms with Gasteiger partial charge in [-0.25, -0.2) is 14.0 Å². The van der Waals surface area contributed by atoms with Crippen molar-refractivity contribution < 1.29 is 33.3 Å². The van der Waals surface area contributed by atoms with E-state index in [0.717, 1.165) is 5.56 Å². The summed E-state index contributed by atoms with van der Waals surface area (Å²) in [6, 6.07) is 9.02. The quantitative estimate of drug-likeness (QED) is 0.607. The predicted molar refractivity (Wildman–Crippen MR) is 119 cm³/mol. The topological polar surface area (TPSA) is 85.3 Å². The summed E-state index contributed by atoms with van der Waals surface area (Å²) in [4.78, 5) is 27.1. The Bertz CT molecular complexity index is 1080. The van der Waals surface area contributed by atoms with E-state index in [9.17, 15) is 19.1 Å². The van der Waals surface area contributed by atoms with Crippen LogP contribution in [0.25, 0.3) is 0 Å². The first-order valence-corrected chi connectivity index (χ1v) is 10.3. The van der Waals surface area contributed by atoms with E-state index in [-0.39, 0.29) is 33.5 Å². The van der Waals surface area contributed by atoms with Crippen LogP contribution in [0.15, 0.2) is 59.9 Å². The molecule has 7 nitrogen and oxygen atoms in total. The van der Waals surface area contributed by atoms with Gasteiger partial charge in [-0.2, -0.15) is 0 Å². The fraction of sp³-hybridized carbons (Fsp3) is 0.250. The van der Waals surface area contributed by atoms with Gasteiger partial charge in [0.1, 0.15) is 5.82 Å². The molecule has 2 aromatic rings. The molecular formula is C24H23ClFNO6. The fourth-order valence-electron chi connectivity index (χ4n) is 3.60. The van der Waals surface area contributed by atoms with E-state index in [2.05, 4.69) is 0 Å². The van der Waals surface area contributed by atoms with Crippen LogP contribution >= 0.6 is 11.6 Å². The monoisotopic (exact) mass is 475 g/mol. The molecular weight excluding hydrogens is 453 g/mol. The number of esters is 2. The van der Waals surface area contributed by atoms with Gasteiger partial charge in [0.15, 0.2) is 11.5 Å². The van der Waals surface area contributed by atoms with Crippen molar-refractivity contribution in [2.45, 2.75) is 12.3 Å². The van der Waals surface area contributed by atoms with Gasteiger partial charge >= 0.3 is 11.9 Å². The van der Waals surface area contributed by atoms with Gasteiger partial charge in [0.2, 0.25) is 0 Å². The zero-order valence-corrected chi connectivity index (χ0v) is 19.1. The molecule has 174 valence electrons. The first-order valence-electron chi connectivity index (χ1n) is 9.95. The summed E-state index contributed by atoms with van der Waals surface area (Å²) in [7, 11) is 3.84. The zero-order valence-electron chi connectivity index (χ0n) is 18.3. The number of nitrogens with zero attached hydrogens (tertiary/aromatic N) is 1. The maximum Gasteiger partial charge on any atom is 0.336 e. The molecule has 0 saturated carbocycles. The van der Waals surface area contributed by atoms with Gasteiger partial charge in [-0.05, 0) is 41.8 Å². The standard InChI is InChI=1S/C24H23ClFNO6/c1-31-20-11-15(10-19(25)22(20)28)21-17(23(29)32-2)12-27(13-18(21)24(30)33-3)9-8-14-4-6-16(26)7-5-14/h4-7,10-13,21,28H,8-9H2,1-3H3. The number of phenols is 1. The third kappa shape index (κ3) is 5.28. The van der Waals surface area contributed by atoms with E-state index >= 15 is 0 Å². The third-order valence-corrected chi connectivity index (χ3v) is 5.54. The molecule has 0 radical (unpaired) electrons. The Balaban J connectivity index is 2.04. The lowest BCUT2D eigenvalue weighted by Crippen LogP contribution is -2.29. The van der Waals surface area contributed by atoms with Crippen molar-refractivity contribution in [1.29, 1.82) is 0 Å². The van der Waals surface area contributed by atoms with Crippen molar-refractivity contribution in [2.75, 3.05) is 27.9 Å². The summed E-state index contributed by atoms with van der Waals surface area (Å²) >= 11 is 6.16. The number of carbonyl (C=O) groups is 2. The number of benzene rings is 2. The van der Waals surface area contributed by atoms with Crippen LogP contribution in [-0.4, -0.2) is 49.8 Å². The Morgan fingerprint density at radius 1 is 1.03 bits per heavy atom. The zero-order chi connectivity index (χ0) is 24.1. The van der Waals surface area contributed by atoms with Gasteiger partial charge in [0.25, 0.3) is 0 Å². The number of methoxy groups -OCH3 is 3. The highest BCUT2D eigenvalue weighted by molar-refractivity contribution is 6.32. The molecule has 33 heavy (non-hydrogen) atoms. The minimum absolute atomic E-state index is 0.00322. The minimum atomic E-state index is -0.876. The van der Waals surface area contributed by atoms with Gasteiger partial charge in [-0.15, -0.1) is 0 Å². The van der Waals surface area contributed by atoms with Gasteiger partial charge in [-0.1, -0.05) is 23.7 Å². The number of rotatable bonds is 7. The van der Waals surface area contributed by atoms with Crippen molar-refractivity contribution in [1.82, 2.24) is 4.90 Å². The summed E-state index contributed by atoms with van der Waals surface area (Å²) in [5.74, 6) is -2.67. The highest BCUT2D eigenvalue weighted by Crippen LogP contribution is 2.43. The number of halogens is 2. The SMILES string of the molecule is COC(=O)C1=CN(CCc2ccc(F)cc2)C=C(C(=O)OC)C1c1cc(Cl)c(O)c(OC)c1. The van der Waals surface area contributed by atoms with Crippen molar-refractivity contribution in [3.63, 3.8) is 0 Å². The highest BCUT2D eigenvalue weighted by Gasteiger charge is 2.36. The van der Waals surface area contributed by atoms with Crippen molar-refractivity contribution in [3.8, 4) is 11.5 Å². The number of phenolic OH excluding ortho intramolecular Hbond substituents is 1. The van der Waals surface area contributed by atoms with Gasteiger partial charge in [0.05, 0.1) is 43.4 Å². The van der Waals surface area contributed by atoms with Crippen molar-refractivity contribution in [3.05, 3.63) is 81.9 Å². The van der Waals surface area contributed by atoms with Crippen LogP contribution in [0.5, 0.6) is 11.5 Å². The molecule has 0 unspecified atom stereocenters. The first-order chi connectivity index (χ1) is 15.8. The Morgan fingerprint density at radius 3 is 2.12 bits per heavy atom. The van der Waals surface area contributed by atoms with Gasteiger partial charge in [0, 0.05) is 18.9 Å². The molecule has 1 aliphatic rings. The van der Waals surface area contributed by atoms with Crippen LogP contribution in [0.3, 0.4) is 0 Å². The lowest BCUT2D eigenvalue weighted by Gasteiger charge is -2.30. The number of hydrogen-bond acceptors (Lipinski definition) is 7. The van der Waals surface area contributed by atoms with Crippen LogP contribution in [0.4, 0.5) is 4.39 Å². The van der Waals surface area contributed by atoms with Crippen LogP contribution in [0.1, 0.15) is 17.0 Å². The van der Waals surface area contributed by atoms with E-state index in [1.807, 2.05) is 0 Å². The molecule has 1 heterocycles. The van der Waals surface area contributed by atoms with E-state index in [0.29, 0.717) is 18.5 Å². The molecule has 0 aromatic heterocycles. The summed E-state index contributed by atoms with van der Waals surface area (Å²) < 4.78 is 28.3. The average molecular weight is 476 g/mol. The molecule has 0 aliphatic carbocycles. The molecule has 0 spiro atoms. The molecule has 1 N–H and O–H groups in total. The van der Waals surface area contributed by atoms with Gasteiger partial charge < -0.3 is 24.2 Å². The predicted octanol–water partition coefficient (Wildman–Crippen LogP) is 3.95. The highest BCUT2D eigenvalue weighted by atomic mass is 35.5. The fourth-order valence-corrected chi connectivity index (χ4v) is 3.82. The summed E-state index contributed by atoms with van der Waals surface area (Å²) in [6.07, 6.45) is 3.69. The smallest absolute Gasteiger partial charge is 0.336 e. The van der Waals surface area contributed by atoms with Crippen molar-refractivity contribution in [2.24, 2.45) is 0 Å². The molecule has 0 saturated heterocycles. The van der Waals surface area contributed by atoms with Crippen LogP contribution in [0.2, 0.25) is 5.02 Å². The molecule has 2 aromatic carbocycles. The lowest BCUT2D eigenvalue weighted by atomic mass is 9.83. The van der Waals surface area contributed by atoms with Crippen LogP contribution in [-0.2, 0) is 25.5 Å². The maximum absolute atomic E-state index is 13.2. The molecule has 0 bridgehead atoms. The Labute approximate surface area is 195 Å². The number of hydrogen-bond donors (Lipinski definition) is 1. The third-order valence-electron chi connectivity index (χ3n) is 5.25. The molecule has 0 amide bonds. The minimum Gasteiger partial charge on any atom is -0.503 e. The Kier molecular flexibility index (Phi) is 7.60. The molecule has 3 rings (SSSR count). The largest absolute Gasteiger partial charge is 0.503 e. The summed E-state index contributed by atoms with van der Waals surface area (Å²) in [5.41, 5.74) is 1.65. The van der Waals surface area contributed by atoms with E-state index in [1.54, 1.807) is 29.4 Å². The van der Waals surface area contributed by atoms with Crippen LogP contribution < -0.4 is 4.74 Å². The Morgan fingerprint density at radius 2 is 1.61 bits per heavy atom. The number of ether oxygens (including phenoxy) is 3. The first kappa shape index (κ1) is 24.1. The number of aromatic hydroxyl groups is 1. The van der Waals surface area contributed by atoms with Crippen molar-refractivity contribution >= 4 is 23.5 Å². The van der Waals surface area contributed by atoms with E-state index in [4.69, 9.17) is 25.8 Å². The van der Waals surface area contributed by atoms with E-state index in [1.165, 1.54) is 45.6 Å². The average Bonchev–Trinajstić information content (AvgIpc) is 2.83. The second-order valence-corrected chi connectivity index (χ2v) is 7.66. The molecule has 1 aliphatic heterocycles. The molecule has 0 fully saturated rings. The maximum atomic E-state index is 13.2. The summed E-state index contributed by atoms with van der Waals surface area (Å²) in [6.45, 7) is 0.402. The second-order valence-electron chi connectivity index (χ2n) is 7.25. The normalized spacial score (nSPS) is 13.8. The van der Waals surface area contributed by atoms with Gasteiger partial charge in [-0.3, -0.25) is 0 Å². The Hall–Kier alpha value is -3.52. The summed E-state index contributed by atoms with van der Waals surface area (Å²) in [5, 5.41) is 10.1. The number of carbonyl (C=O) groups excluding carboxylic acids is 2. The second kappa shape index (κ2) is 10.4. The van der Waals surface area contributed by atoms with Crippen LogP contribution in [0, 0.1) is 5.82 Å². The molecule has 0 atom stereocenters. The van der Waals surface area contributed by atoms with E-state index < -0.39 is 17.9 Å².